The van der Waals surface area contributed by atoms with E-state index in [1.807, 2.05) is 0 Å². The molecule has 2 aliphatic heterocycles. The Labute approximate surface area is 104 Å². The lowest BCUT2D eigenvalue weighted by molar-refractivity contribution is -0.925. The number of likely N-dealkylation sites (N-methyl/N-ethyl adjacent to an activating group) is 1. The molecule has 0 amide bonds. The average Bonchev–Trinajstić information content (AvgIpc) is 2.86. The molecule has 2 saturated heterocycles. The van der Waals surface area contributed by atoms with Gasteiger partial charge >= 0.3 is 0 Å². The molecule has 1 aromatic rings. The Kier molecular flexibility index (Phi) is 2.58. The summed E-state index contributed by atoms with van der Waals surface area (Å²) in [6.45, 7) is 1.98. The molecule has 6 nitrogen and oxygen atoms in total. The van der Waals surface area contributed by atoms with E-state index < -0.39 is 4.92 Å². The van der Waals surface area contributed by atoms with Crippen LogP contribution in [0.1, 0.15) is 11.7 Å². The van der Waals surface area contributed by atoms with Gasteiger partial charge < -0.3 is 9.47 Å². The second kappa shape index (κ2) is 4.01. The first-order valence-corrected chi connectivity index (χ1v) is 5.88. The Hall–Kier alpha value is -1.50. The second-order valence-electron chi connectivity index (χ2n) is 5.11. The van der Waals surface area contributed by atoms with Gasteiger partial charge in [0.05, 0.1) is 12.0 Å². The van der Waals surface area contributed by atoms with E-state index in [4.69, 9.17) is 9.47 Å². The molecule has 18 heavy (non-hydrogen) atoms. The summed E-state index contributed by atoms with van der Waals surface area (Å²) in [5, 5.41) is 10.6. The van der Waals surface area contributed by atoms with Crippen LogP contribution in [-0.4, -0.2) is 42.6 Å². The summed E-state index contributed by atoms with van der Waals surface area (Å²) in [6.07, 6.45) is -0.0293. The molecule has 96 valence electrons. The smallest absolute Gasteiger partial charge is 0.269 e. The number of ether oxygens (including phenoxy) is 2. The minimum atomic E-state index is -0.391. The zero-order chi connectivity index (χ0) is 12.8. The van der Waals surface area contributed by atoms with Gasteiger partial charge in [-0.2, -0.15) is 0 Å². The number of non-ortho nitro benzene ring substituents is 1. The van der Waals surface area contributed by atoms with Crippen molar-refractivity contribution in [2.45, 2.75) is 12.1 Å². The van der Waals surface area contributed by atoms with Gasteiger partial charge in [0.1, 0.15) is 18.8 Å². The third-order valence-electron chi connectivity index (χ3n) is 3.81. The topological polar surface area (TPSA) is 61.6 Å². The number of fused-ring (bicyclic) bond motifs is 1. The lowest BCUT2D eigenvalue weighted by atomic mass is 10.0. The van der Waals surface area contributed by atoms with Gasteiger partial charge in [-0.05, 0) is 17.7 Å². The molecular weight excluding hydrogens is 236 g/mol. The third-order valence-corrected chi connectivity index (χ3v) is 3.81. The average molecular weight is 251 g/mol. The van der Waals surface area contributed by atoms with E-state index in [9.17, 15) is 10.1 Å². The molecule has 3 rings (SSSR count). The Morgan fingerprint density at radius 3 is 2.72 bits per heavy atom. The second-order valence-corrected chi connectivity index (χ2v) is 5.11. The van der Waals surface area contributed by atoms with Gasteiger partial charge in [-0.1, -0.05) is 0 Å². The van der Waals surface area contributed by atoms with Gasteiger partial charge in [-0.3, -0.25) is 14.6 Å². The number of nitrogens with zero attached hydrogens (tertiary/aromatic N) is 2. The zero-order valence-corrected chi connectivity index (χ0v) is 10.1. The predicted molar refractivity (Wildman–Crippen MR) is 62.6 cm³/mol. The maximum absolute atomic E-state index is 10.6. The minimum Gasteiger partial charge on any atom is -0.325 e. The van der Waals surface area contributed by atoms with E-state index in [0.29, 0.717) is 20.1 Å². The van der Waals surface area contributed by atoms with Crippen molar-refractivity contribution >= 4 is 5.69 Å². The summed E-state index contributed by atoms with van der Waals surface area (Å²) in [5.41, 5.74) is 1.09. The molecule has 3 atom stereocenters. The normalized spacial score (nSPS) is 34.5. The lowest BCUT2D eigenvalue weighted by Gasteiger charge is -2.25. The first-order chi connectivity index (χ1) is 8.60. The van der Waals surface area contributed by atoms with Crippen molar-refractivity contribution in [1.82, 2.24) is 0 Å². The molecule has 1 unspecified atom stereocenters. The van der Waals surface area contributed by atoms with E-state index in [1.165, 1.54) is 12.1 Å². The van der Waals surface area contributed by atoms with Gasteiger partial charge in [0.25, 0.3) is 5.69 Å². The molecule has 0 aliphatic carbocycles. The molecule has 0 aromatic heterocycles. The summed E-state index contributed by atoms with van der Waals surface area (Å²) in [7, 11) is 2.11. The molecule has 0 bridgehead atoms. The minimum absolute atomic E-state index is 0.0293. The van der Waals surface area contributed by atoms with Crippen molar-refractivity contribution in [3.05, 3.63) is 39.9 Å². The number of nitro groups is 1. The van der Waals surface area contributed by atoms with Gasteiger partial charge in [-0.25, -0.2) is 0 Å². The summed E-state index contributed by atoms with van der Waals surface area (Å²) in [4.78, 5) is 10.2. The molecule has 0 spiro atoms. The summed E-state index contributed by atoms with van der Waals surface area (Å²) < 4.78 is 12.1. The number of nitro benzene ring substituents is 1. The molecule has 6 heteroatoms. The zero-order valence-electron chi connectivity index (χ0n) is 10.1. The van der Waals surface area contributed by atoms with Crippen LogP contribution in [0.15, 0.2) is 24.3 Å². The van der Waals surface area contributed by atoms with Crippen molar-refractivity contribution in [2.24, 2.45) is 0 Å². The molecule has 0 radical (unpaired) electrons. The van der Waals surface area contributed by atoms with Crippen LogP contribution in [0.4, 0.5) is 5.69 Å². The number of hydrogen-bond acceptors (Lipinski definition) is 4. The molecule has 0 N–H and O–H groups in total. The number of rotatable bonds is 2. The molecule has 2 fully saturated rings. The van der Waals surface area contributed by atoms with Crippen molar-refractivity contribution in [1.29, 1.82) is 0 Å². The molecule has 2 aliphatic rings. The van der Waals surface area contributed by atoms with Crippen LogP contribution in [0.3, 0.4) is 0 Å². The highest BCUT2D eigenvalue weighted by molar-refractivity contribution is 5.34. The molecule has 1 aromatic carbocycles. The van der Waals surface area contributed by atoms with Crippen molar-refractivity contribution in [3.8, 4) is 0 Å². The SMILES string of the molecule is C[N+]12COC[C@H]1[C@@H](c1ccc([N+](=O)[O-])cc1)OC2. The standard InChI is InChI=1S/C12H15N2O4/c1-14-7-17-6-11(14)12(18-8-14)9-2-4-10(5-3-9)13(15)16/h2-5,11-12H,6-8H2,1H3/q+1/t11-,12+,14?/m0/s1. The highest BCUT2D eigenvalue weighted by Gasteiger charge is 2.51. The van der Waals surface area contributed by atoms with Crippen LogP contribution in [0.5, 0.6) is 0 Å². The van der Waals surface area contributed by atoms with Gasteiger partial charge in [-0.15, -0.1) is 0 Å². The van der Waals surface area contributed by atoms with E-state index in [-0.39, 0.29) is 17.8 Å². The van der Waals surface area contributed by atoms with E-state index in [2.05, 4.69) is 7.05 Å². The van der Waals surface area contributed by atoms with Gasteiger partial charge in [0.2, 0.25) is 0 Å². The van der Waals surface area contributed by atoms with Crippen LogP contribution in [0.25, 0.3) is 0 Å². The fourth-order valence-corrected chi connectivity index (χ4v) is 2.67. The van der Waals surface area contributed by atoms with Crippen LogP contribution >= 0.6 is 0 Å². The van der Waals surface area contributed by atoms with Crippen molar-refractivity contribution in [3.63, 3.8) is 0 Å². The summed E-state index contributed by atoms with van der Waals surface area (Å²) in [5.74, 6) is 0. The van der Waals surface area contributed by atoms with Gasteiger partial charge in [0.15, 0.2) is 13.5 Å². The highest BCUT2D eigenvalue weighted by atomic mass is 16.6. The monoisotopic (exact) mass is 251 g/mol. The van der Waals surface area contributed by atoms with Crippen molar-refractivity contribution < 1.29 is 18.9 Å². The van der Waals surface area contributed by atoms with E-state index >= 15 is 0 Å². The predicted octanol–water partition coefficient (Wildman–Crippen LogP) is 1.43. The first kappa shape index (κ1) is 11.6. The quantitative estimate of drug-likeness (QED) is 0.453. The third kappa shape index (κ3) is 1.69. The fraction of sp³-hybridized carbons (Fsp3) is 0.500. The molecule has 2 heterocycles. The molecule has 0 saturated carbocycles. The van der Waals surface area contributed by atoms with Crippen LogP contribution < -0.4 is 0 Å². The maximum atomic E-state index is 10.6. The number of hydrogen-bond donors (Lipinski definition) is 0. The first-order valence-electron chi connectivity index (χ1n) is 5.88. The Morgan fingerprint density at radius 2 is 2.06 bits per heavy atom. The Balaban J connectivity index is 1.85. The molecular formula is C12H15N2O4+. The largest absolute Gasteiger partial charge is 0.325 e. The van der Waals surface area contributed by atoms with E-state index in [0.717, 1.165) is 10.0 Å². The highest BCUT2D eigenvalue weighted by Crippen LogP contribution is 2.38. The van der Waals surface area contributed by atoms with Gasteiger partial charge in [0, 0.05) is 12.1 Å². The number of benzene rings is 1. The van der Waals surface area contributed by atoms with Crippen molar-refractivity contribution in [2.75, 3.05) is 27.1 Å². The lowest BCUT2D eigenvalue weighted by Crippen LogP contribution is -2.45. The Morgan fingerprint density at radius 1 is 1.33 bits per heavy atom. The summed E-state index contributed by atoms with van der Waals surface area (Å²) >= 11 is 0. The van der Waals surface area contributed by atoms with Crippen LogP contribution in [0, 0.1) is 10.1 Å². The van der Waals surface area contributed by atoms with Crippen LogP contribution in [0.2, 0.25) is 0 Å². The Bertz CT molecular complexity index is 475. The fourth-order valence-electron chi connectivity index (χ4n) is 2.67. The summed E-state index contributed by atoms with van der Waals surface area (Å²) in [6, 6.07) is 6.88. The number of quaternary nitrogens is 1. The maximum Gasteiger partial charge on any atom is 0.269 e. The van der Waals surface area contributed by atoms with E-state index in [1.54, 1.807) is 12.1 Å². The van der Waals surface area contributed by atoms with Crippen LogP contribution in [-0.2, 0) is 9.47 Å².